The molecule has 0 aliphatic carbocycles. The lowest BCUT2D eigenvalue weighted by Crippen LogP contribution is -2.38. The van der Waals surface area contributed by atoms with Crippen LogP contribution in [-0.2, 0) is 9.53 Å². The topological polar surface area (TPSA) is 29.5 Å². The third kappa shape index (κ3) is 6.11. The zero-order valence-corrected chi connectivity index (χ0v) is 11.5. The lowest BCUT2D eigenvalue weighted by molar-refractivity contribution is -0.144. The largest absolute Gasteiger partial charge is 0.466 e. The maximum Gasteiger partial charge on any atom is 0.307 e. The molecular formula is C13H27NO2. The Bertz CT molecular complexity index is 188. The summed E-state index contributed by atoms with van der Waals surface area (Å²) in [5.41, 5.74) is 0. The second-order valence-electron chi connectivity index (χ2n) is 4.51. The van der Waals surface area contributed by atoms with Crippen LogP contribution in [0.3, 0.4) is 0 Å². The van der Waals surface area contributed by atoms with Gasteiger partial charge in [-0.15, -0.1) is 0 Å². The maximum atomic E-state index is 11.5. The van der Waals surface area contributed by atoms with Crippen molar-refractivity contribution in [3.8, 4) is 0 Å². The van der Waals surface area contributed by atoms with Gasteiger partial charge in [0.1, 0.15) is 0 Å². The van der Waals surface area contributed by atoms with E-state index >= 15 is 0 Å². The van der Waals surface area contributed by atoms with Gasteiger partial charge in [0, 0.05) is 6.04 Å². The minimum Gasteiger partial charge on any atom is -0.466 e. The summed E-state index contributed by atoms with van der Waals surface area (Å²) in [6, 6.07) is 0.328. The second kappa shape index (κ2) is 8.57. The zero-order valence-electron chi connectivity index (χ0n) is 11.5. The van der Waals surface area contributed by atoms with Crippen LogP contribution in [0.1, 0.15) is 47.5 Å². The molecular weight excluding hydrogens is 202 g/mol. The normalized spacial score (nSPS) is 13.2. The Kier molecular flexibility index (Phi) is 8.26. The Hall–Kier alpha value is -0.570. The van der Waals surface area contributed by atoms with E-state index < -0.39 is 0 Å². The number of hydrogen-bond donors (Lipinski definition) is 0. The standard InChI is InChI=1S/C13H27NO2/c1-6-14(7-2)12(9-11(4)5)10-13(15)16-8-3/h11-12H,6-10H2,1-5H3. The first-order valence-corrected chi connectivity index (χ1v) is 6.44. The first-order chi connectivity index (χ1) is 7.54. The van der Waals surface area contributed by atoms with E-state index in [1.807, 2.05) is 6.92 Å². The Morgan fingerprint density at radius 1 is 1.19 bits per heavy atom. The van der Waals surface area contributed by atoms with Crippen LogP contribution in [0.5, 0.6) is 0 Å². The summed E-state index contributed by atoms with van der Waals surface area (Å²) in [6.07, 6.45) is 1.58. The van der Waals surface area contributed by atoms with Gasteiger partial charge in [-0.2, -0.15) is 0 Å². The third-order valence-electron chi connectivity index (χ3n) is 2.78. The molecule has 0 radical (unpaired) electrons. The van der Waals surface area contributed by atoms with Crippen molar-refractivity contribution in [3.05, 3.63) is 0 Å². The van der Waals surface area contributed by atoms with Gasteiger partial charge in [0.2, 0.25) is 0 Å². The number of esters is 1. The quantitative estimate of drug-likeness (QED) is 0.599. The van der Waals surface area contributed by atoms with Crippen LogP contribution >= 0.6 is 0 Å². The van der Waals surface area contributed by atoms with Gasteiger partial charge in [-0.05, 0) is 32.4 Å². The number of carbonyl (C=O) groups excluding carboxylic acids is 1. The molecule has 16 heavy (non-hydrogen) atoms. The lowest BCUT2D eigenvalue weighted by Gasteiger charge is -2.30. The van der Waals surface area contributed by atoms with Crippen LogP contribution in [0.4, 0.5) is 0 Å². The molecule has 0 rings (SSSR count). The van der Waals surface area contributed by atoms with Crippen molar-refractivity contribution in [2.24, 2.45) is 5.92 Å². The minimum absolute atomic E-state index is 0.0694. The first kappa shape index (κ1) is 15.4. The average Bonchev–Trinajstić information content (AvgIpc) is 2.18. The van der Waals surface area contributed by atoms with Gasteiger partial charge >= 0.3 is 5.97 Å². The van der Waals surface area contributed by atoms with E-state index in [4.69, 9.17) is 4.74 Å². The van der Waals surface area contributed by atoms with Crippen LogP contribution in [0.2, 0.25) is 0 Å². The summed E-state index contributed by atoms with van der Waals surface area (Å²) in [7, 11) is 0. The molecule has 0 saturated heterocycles. The molecule has 0 N–H and O–H groups in total. The van der Waals surface area contributed by atoms with Crippen molar-refractivity contribution in [2.75, 3.05) is 19.7 Å². The number of hydrogen-bond acceptors (Lipinski definition) is 3. The molecule has 1 atom stereocenters. The highest BCUT2D eigenvalue weighted by Crippen LogP contribution is 2.15. The Morgan fingerprint density at radius 3 is 2.12 bits per heavy atom. The molecule has 96 valence electrons. The van der Waals surface area contributed by atoms with E-state index in [1.165, 1.54) is 0 Å². The van der Waals surface area contributed by atoms with Gasteiger partial charge in [0.05, 0.1) is 13.0 Å². The zero-order chi connectivity index (χ0) is 12.6. The molecule has 0 saturated carbocycles. The van der Waals surface area contributed by atoms with E-state index in [9.17, 15) is 4.79 Å². The predicted octanol–water partition coefficient (Wildman–Crippen LogP) is 2.70. The lowest BCUT2D eigenvalue weighted by atomic mass is 9.99. The van der Waals surface area contributed by atoms with E-state index in [0.29, 0.717) is 25.0 Å². The smallest absolute Gasteiger partial charge is 0.307 e. The molecule has 0 amide bonds. The molecule has 0 aromatic rings. The summed E-state index contributed by atoms with van der Waals surface area (Å²) >= 11 is 0. The van der Waals surface area contributed by atoms with Crippen molar-refractivity contribution in [1.29, 1.82) is 0 Å². The molecule has 0 aromatic carbocycles. The van der Waals surface area contributed by atoms with Crippen molar-refractivity contribution < 1.29 is 9.53 Å². The summed E-state index contributed by atoms with van der Waals surface area (Å²) < 4.78 is 5.03. The molecule has 0 heterocycles. The highest BCUT2D eigenvalue weighted by atomic mass is 16.5. The first-order valence-electron chi connectivity index (χ1n) is 6.44. The number of carbonyl (C=O) groups is 1. The molecule has 3 heteroatoms. The van der Waals surface area contributed by atoms with Gasteiger partial charge in [-0.25, -0.2) is 0 Å². The summed E-state index contributed by atoms with van der Waals surface area (Å²) in [5, 5.41) is 0. The van der Waals surface area contributed by atoms with Gasteiger partial charge < -0.3 is 9.64 Å². The number of ether oxygens (including phenoxy) is 1. The third-order valence-corrected chi connectivity index (χ3v) is 2.78. The van der Waals surface area contributed by atoms with E-state index in [0.717, 1.165) is 19.5 Å². The summed E-state index contributed by atoms with van der Waals surface area (Å²) in [4.78, 5) is 13.9. The maximum absolute atomic E-state index is 11.5. The fourth-order valence-corrected chi connectivity index (χ4v) is 2.06. The average molecular weight is 229 g/mol. The van der Waals surface area contributed by atoms with Gasteiger partial charge in [-0.3, -0.25) is 4.79 Å². The Labute approximate surface area is 100 Å². The molecule has 0 aromatic heterocycles. The molecule has 0 spiro atoms. The molecule has 0 aliphatic heterocycles. The van der Waals surface area contributed by atoms with Gasteiger partial charge in [0.15, 0.2) is 0 Å². The highest BCUT2D eigenvalue weighted by molar-refractivity contribution is 5.70. The van der Waals surface area contributed by atoms with Crippen molar-refractivity contribution in [3.63, 3.8) is 0 Å². The van der Waals surface area contributed by atoms with Crippen LogP contribution < -0.4 is 0 Å². The fraction of sp³-hybridized carbons (Fsp3) is 0.923. The molecule has 0 bridgehead atoms. The molecule has 0 aliphatic rings. The summed E-state index contributed by atoms with van der Waals surface area (Å²) in [5.74, 6) is 0.542. The monoisotopic (exact) mass is 229 g/mol. The molecule has 0 fully saturated rings. The SMILES string of the molecule is CCOC(=O)CC(CC(C)C)N(CC)CC. The predicted molar refractivity (Wildman–Crippen MR) is 67.4 cm³/mol. The van der Waals surface area contributed by atoms with Crippen molar-refractivity contribution in [2.45, 2.75) is 53.5 Å². The van der Waals surface area contributed by atoms with Gasteiger partial charge in [-0.1, -0.05) is 27.7 Å². The van der Waals surface area contributed by atoms with E-state index in [2.05, 4.69) is 32.6 Å². The van der Waals surface area contributed by atoms with Crippen LogP contribution in [0.15, 0.2) is 0 Å². The highest BCUT2D eigenvalue weighted by Gasteiger charge is 2.20. The van der Waals surface area contributed by atoms with Crippen molar-refractivity contribution >= 4 is 5.97 Å². The van der Waals surface area contributed by atoms with Gasteiger partial charge in [0.25, 0.3) is 0 Å². The van der Waals surface area contributed by atoms with Crippen LogP contribution in [-0.4, -0.2) is 36.6 Å². The van der Waals surface area contributed by atoms with E-state index in [-0.39, 0.29) is 5.97 Å². The van der Waals surface area contributed by atoms with Crippen LogP contribution in [0, 0.1) is 5.92 Å². The summed E-state index contributed by atoms with van der Waals surface area (Å²) in [6.45, 7) is 13.0. The molecule has 1 unspecified atom stereocenters. The molecule has 3 nitrogen and oxygen atoms in total. The number of rotatable bonds is 8. The van der Waals surface area contributed by atoms with E-state index in [1.54, 1.807) is 0 Å². The second-order valence-corrected chi connectivity index (χ2v) is 4.51. The van der Waals surface area contributed by atoms with Crippen molar-refractivity contribution in [1.82, 2.24) is 4.90 Å². The van der Waals surface area contributed by atoms with Crippen LogP contribution in [0.25, 0.3) is 0 Å². The Morgan fingerprint density at radius 2 is 1.75 bits per heavy atom. The fourth-order valence-electron chi connectivity index (χ4n) is 2.06. The number of nitrogens with zero attached hydrogens (tertiary/aromatic N) is 1. The Balaban J connectivity index is 4.34. The minimum atomic E-state index is -0.0694.